The van der Waals surface area contributed by atoms with E-state index in [9.17, 15) is 9.59 Å². The molecule has 1 N–H and O–H groups in total. The summed E-state index contributed by atoms with van der Waals surface area (Å²) in [6, 6.07) is 12.5. The minimum atomic E-state index is -0.551. The Morgan fingerprint density at radius 1 is 1.08 bits per heavy atom. The smallest absolute Gasteiger partial charge is 0.355 e. The van der Waals surface area contributed by atoms with E-state index >= 15 is 0 Å². The van der Waals surface area contributed by atoms with Crippen LogP contribution in [0.1, 0.15) is 32.0 Å². The van der Waals surface area contributed by atoms with Gasteiger partial charge in [0.2, 0.25) is 0 Å². The second kappa shape index (κ2) is 6.81. The molecular formula is C20H19NO4. The summed E-state index contributed by atoms with van der Waals surface area (Å²) >= 11 is 0. The number of hydrogen-bond acceptors (Lipinski definition) is 4. The molecule has 0 aliphatic heterocycles. The fourth-order valence-electron chi connectivity index (χ4n) is 2.80. The Labute approximate surface area is 145 Å². The molecule has 0 fully saturated rings. The Kier molecular flexibility index (Phi) is 4.57. The van der Waals surface area contributed by atoms with Gasteiger partial charge in [-0.25, -0.2) is 4.79 Å². The van der Waals surface area contributed by atoms with E-state index in [1.165, 1.54) is 7.11 Å². The zero-order chi connectivity index (χ0) is 18.0. The zero-order valence-electron chi connectivity index (χ0n) is 14.4. The minimum absolute atomic E-state index is 0.282. The molecule has 5 heteroatoms. The van der Waals surface area contributed by atoms with Gasteiger partial charge in [0.1, 0.15) is 11.4 Å². The van der Waals surface area contributed by atoms with Crippen LogP contribution in [0.4, 0.5) is 0 Å². The summed E-state index contributed by atoms with van der Waals surface area (Å²) in [7, 11) is 1.53. The summed E-state index contributed by atoms with van der Waals surface area (Å²) in [6.45, 7) is 3.67. The monoisotopic (exact) mass is 337 g/mol. The van der Waals surface area contributed by atoms with Gasteiger partial charge in [0.15, 0.2) is 12.4 Å². The minimum Gasteiger partial charge on any atom is -0.497 e. The molecule has 0 bridgehead atoms. The highest BCUT2D eigenvalue weighted by Crippen LogP contribution is 2.22. The van der Waals surface area contributed by atoms with Crippen molar-refractivity contribution in [3.8, 4) is 5.75 Å². The normalized spacial score (nSPS) is 10.7. The van der Waals surface area contributed by atoms with E-state index in [4.69, 9.17) is 9.47 Å². The number of esters is 1. The van der Waals surface area contributed by atoms with E-state index in [0.29, 0.717) is 17.0 Å². The van der Waals surface area contributed by atoms with Gasteiger partial charge >= 0.3 is 5.97 Å². The third-order valence-electron chi connectivity index (χ3n) is 4.04. The lowest BCUT2D eigenvalue weighted by molar-refractivity contribution is 0.0470. The topological polar surface area (TPSA) is 68.4 Å². The van der Waals surface area contributed by atoms with Crippen LogP contribution in [-0.4, -0.2) is 30.5 Å². The van der Waals surface area contributed by atoms with E-state index in [0.717, 1.165) is 22.0 Å². The molecule has 5 nitrogen and oxygen atoms in total. The van der Waals surface area contributed by atoms with Crippen LogP contribution in [0.2, 0.25) is 0 Å². The molecule has 3 rings (SSSR count). The first kappa shape index (κ1) is 16.8. The molecule has 128 valence electrons. The largest absolute Gasteiger partial charge is 0.497 e. The second-order valence-electron chi connectivity index (χ2n) is 5.96. The molecule has 0 saturated heterocycles. The average molecular weight is 337 g/mol. The summed E-state index contributed by atoms with van der Waals surface area (Å²) in [5.41, 5.74) is 3.85. The first-order chi connectivity index (χ1) is 12.0. The number of aromatic nitrogens is 1. The molecule has 0 atom stereocenters. The Balaban J connectivity index is 1.72. The Hall–Kier alpha value is -3.08. The van der Waals surface area contributed by atoms with Gasteiger partial charge in [0.25, 0.3) is 0 Å². The van der Waals surface area contributed by atoms with Crippen molar-refractivity contribution in [2.24, 2.45) is 0 Å². The van der Waals surface area contributed by atoms with E-state index in [-0.39, 0.29) is 12.4 Å². The average Bonchev–Trinajstić information content (AvgIpc) is 3.03. The van der Waals surface area contributed by atoms with E-state index in [1.807, 2.05) is 19.9 Å². The summed E-state index contributed by atoms with van der Waals surface area (Å²) in [5, 5.41) is 0.969. The van der Waals surface area contributed by atoms with Gasteiger partial charge in [-0.2, -0.15) is 0 Å². The summed E-state index contributed by atoms with van der Waals surface area (Å²) in [5.74, 6) is -0.251. The summed E-state index contributed by atoms with van der Waals surface area (Å²) < 4.78 is 10.2. The number of methoxy groups -OCH3 is 1. The SMILES string of the molecule is COc1cccc(C(=O)COC(=O)c2cc3c(C)cc(C)cc3[nH]2)c1. The number of aryl methyl sites for hydroxylation is 2. The van der Waals surface area contributed by atoms with Crippen LogP contribution in [0.3, 0.4) is 0 Å². The van der Waals surface area contributed by atoms with Crippen LogP contribution < -0.4 is 4.74 Å². The van der Waals surface area contributed by atoms with Crippen LogP contribution in [0.15, 0.2) is 42.5 Å². The lowest BCUT2D eigenvalue weighted by Crippen LogP contribution is -2.14. The van der Waals surface area contributed by atoms with Crippen molar-refractivity contribution in [2.45, 2.75) is 13.8 Å². The van der Waals surface area contributed by atoms with Crippen molar-refractivity contribution in [2.75, 3.05) is 13.7 Å². The van der Waals surface area contributed by atoms with Crippen molar-refractivity contribution in [1.29, 1.82) is 0 Å². The van der Waals surface area contributed by atoms with E-state index < -0.39 is 5.97 Å². The number of fused-ring (bicyclic) bond motifs is 1. The maximum absolute atomic E-state index is 12.2. The van der Waals surface area contributed by atoms with Gasteiger partial charge in [0.05, 0.1) is 7.11 Å². The molecule has 25 heavy (non-hydrogen) atoms. The van der Waals surface area contributed by atoms with Crippen LogP contribution in [0.25, 0.3) is 10.9 Å². The first-order valence-electron chi connectivity index (χ1n) is 7.92. The molecule has 1 heterocycles. The van der Waals surface area contributed by atoms with Crippen molar-refractivity contribution >= 4 is 22.7 Å². The second-order valence-corrected chi connectivity index (χ2v) is 5.96. The lowest BCUT2D eigenvalue weighted by Gasteiger charge is -2.05. The summed E-state index contributed by atoms with van der Waals surface area (Å²) in [6.07, 6.45) is 0. The van der Waals surface area contributed by atoms with Gasteiger partial charge in [-0.3, -0.25) is 4.79 Å². The van der Waals surface area contributed by atoms with Crippen molar-refractivity contribution < 1.29 is 19.1 Å². The molecule has 3 aromatic rings. The van der Waals surface area contributed by atoms with E-state index in [2.05, 4.69) is 11.1 Å². The number of ether oxygens (including phenoxy) is 2. The number of hydrogen-bond donors (Lipinski definition) is 1. The van der Waals surface area contributed by atoms with Crippen molar-refractivity contribution in [3.63, 3.8) is 0 Å². The Bertz CT molecular complexity index is 955. The quantitative estimate of drug-likeness (QED) is 0.567. The van der Waals surface area contributed by atoms with Crippen LogP contribution >= 0.6 is 0 Å². The lowest BCUT2D eigenvalue weighted by atomic mass is 10.1. The van der Waals surface area contributed by atoms with Crippen LogP contribution in [-0.2, 0) is 4.74 Å². The first-order valence-corrected chi connectivity index (χ1v) is 7.92. The van der Waals surface area contributed by atoms with Crippen molar-refractivity contribution in [1.82, 2.24) is 4.98 Å². The molecule has 2 aromatic carbocycles. The standard InChI is InChI=1S/C20H19NO4/c1-12-7-13(2)16-10-18(21-17(16)8-12)20(23)25-11-19(22)14-5-4-6-15(9-14)24-3/h4-10,21H,11H2,1-3H3. The molecule has 0 aliphatic rings. The summed E-state index contributed by atoms with van der Waals surface area (Å²) in [4.78, 5) is 27.5. The number of benzene rings is 2. The zero-order valence-corrected chi connectivity index (χ0v) is 14.4. The molecule has 0 amide bonds. The fourth-order valence-corrected chi connectivity index (χ4v) is 2.80. The maximum Gasteiger partial charge on any atom is 0.355 e. The molecule has 0 radical (unpaired) electrons. The fraction of sp³-hybridized carbons (Fsp3) is 0.200. The van der Waals surface area contributed by atoms with E-state index in [1.54, 1.807) is 30.3 Å². The Morgan fingerprint density at radius 3 is 2.64 bits per heavy atom. The number of rotatable bonds is 5. The van der Waals surface area contributed by atoms with Gasteiger partial charge < -0.3 is 14.5 Å². The Morgan fingerprint density at radius 2 is 1.88 bits per heavy atom. The maximum atomic E-state index is 12.2. The predicted molar refractivity (Wildman–Crippen MR) is 95.4 cm³/mol. The molecular weight excluding hydrogens is 318 g/mol. The number of H-pyrrole nitrogens is 1. The highest BCUT2D eigenvalue weighted by atomic mass is 16.5. The number of aromatic amines is 1. The van der Waals surface area contributed by atoms with Gasteiger partial charge in [0, 0.05) is 16.5 Å². The van der Waals surface area contributed by atoms with Gasteiger partial charge in [-0.05, 0) is 49.2 Å². The molecule has 0 unspecified atom stereocenters. The third-order valence-corrected chi connectivity index (χ3v) is 4.04. The number of Topliss-reactive ketones (excluding diaryl/α,β-unsaturated/α-hetero) is 1. The molecule has 0 aliphatic carbocycles. The van der Waals surface area contributed by atoms with Gasteiger partial charge in [-0.1, -0.05) is 18.2 Å². The van der Waals surface area contributed by atoms with Gasteiger partial charge in [-0.15, -0.1) is 0 Å². The van der Waals surface area contributed by atoms with Crippen molar-refractivity contribution in [3.05, 3.63) is 64.8 Å². The highest BCUT2D eigenvalue weighted by Gasteiger charge is 2.15. The molecule has 0 saturated carbocycles. The van der Waals surface area contributed by atoms with Crippen LogP contribution in [0.5, 0.6) is 5.75 Å². The third kappa shape index (κ3) is 3.55. The number of ketones is 1. The predicted octanol–water partition coefficient (Wildman–Crippen LogP) is 3.83. The molecule has 1 aromatic heterocycles. The van der Waals surface area contributed by atoms with Crippen LogP contribution in [0, 0.1) is 13.8 Å². The highest BCUT2D eigenvalue weighted by molar-refractivity contribution is 6.00. The number of carbonyl (C=O) groups is 2. The molecule has 0 spiro atoms. The number of nitrogens with one attached hydrogen (secondary N) is 1. The number of carbonyl (C=O) groups excluding carboxylic acids is 2.